The molecule has 0 spiro atoms. The fourth-order valence-corrected chi connectivity index (χ4v) is 1.31. The zero-order valence-electron chi connectivity index (χ0n) is 8.03. The molecule has 0 amide bonds. The van der Waals surface area contributed by atoms with Crippen molar-refractivity contribution in [1.29, 1.82) is 0 Å². The van der Waals surface area contributed by atoms with E-state index in [1.54, 1.807) is 19.9 Å². The molecule has 0 N–H and O–H groups in total. The molecule has 1 aromatic rings. The van der Waals surface area contributed by atoms with Crippen LogP contribution in [0.4, 0.5) is 0 Å². The van der Waals surface area contributed by atoms with E-state index in [1.807, 2.05) is 0 Å². The monoisotopic (exact) mass is 214 g/mol. The normalized spacial score (nSPS) is 12.2. The Morgan fingerprint density at radius 2 is 2.43 bits per heavy atom. The second-order valence-corrected chi connectivity index (χ2v) is 3.11. The Kier molecular flexibility index (Phi) is 3.83. The number of ether oxygens (including phenoxy) is 1. The van der Waals surface area contributed by atoms with Crippen molar-refractivity contribution >= 4 is 17.6 Å². The Balaban J connectivity index is 2.84. The van der Waals surface area contributed by atoms with Gasteiger partial charge in [-0.3, -0.25) is 4.79 Å². The summed E-state index contributed by atoms with van der Waals surface area (Å²) in [4.78, 5) is 11.4. The Morgan fingerprint density at radius 3 is 3.00 bits per heavy atom. The van der Waals surface area contributed by atoms with Crippen molar-refractivity contribution in [1.82, 2.24) is 10.2 Å². The van der Waals surface area contributed by atoms with E-state index < -0.39 is 5.92 Å². The van der Waals surface area contributed by atoms with Crippen LogP contribution >= 0.6 is 11.6 Å². The molecule has 4 nitrogen and oxygen atoms in total. The lowest BCUT2D eigenvalue weighted by Crippen LogP contribution is -2.13. The van der Waals surface area contributed by atoms with Gasteiger partial charge in [0.15, 0.2) is 5.15 Å². The first-order valence-electron chi connectivity index (χ1n) is 4.30. The minimum absolute atomic E-state index is 0.244. The van der Waals surface area contributed by atoms with Gasteiger partial charge in [0.1, 0.15) is 0 Å². The zero-order valence-corrected chi connectivity index (χ0v) is 8.78. The fraction of sp³-hybridized carbons (Fsp3) is 0.444. The molecule has 1 atom stereocenters. The summed E-state index contributed by atoms with van der Waals surface area (Å²) >= 11 is 5.78. The van der Waals surface area contributed by atoms with Crippen molar-refractivity contribution in [3.8, 4) is 0 Å². The summed E-state index contributed by atoms with van der Waals surface area (Å²) in [7, 11) is 0. The molecular formula is C9H11ClN2O2. The van der Waals surface area contributed by atoms with Gasteiger partial charge >= 0.3 is 5.97 Å². The lowest BCUT2D eigenvalue weighted by Gasteiger charge is -2.10. The number of hydrogen-bond donors (Lipinski definition) is 0. The standard InChI is InChI=1S/C9H11ClN2O2/c1-3-14-9(13)6(2)7-4-5-11-12-8(7)10/h4-6H,3H2,1-2H3. The highest BCUT2D eigenvalue weighted by molar-refractivity contribution is 6.30. The number of hydrogen-bond acceptors (Lipinski definition) is 4. The molecule has 0 aliphatic heterocycles. The highest BCUT2D eigenvalue weighted by Gasteiger charge is 2.19. The molecule has 0 radical (unpaired) electrons. The van der Waals surface area contributed by atoms with E-state index >= 15 is 0 Å². The summed E-state index contributed by atoms with van der Waals surface area (Å²) in [5.41, 5.74) is 0.639. The van der Waals surface area contributed by atoms with Crippen molar-refractivity contribution < 1.29 is 9.53 Å². The molecule has 1 unspecified atom stereocenters. The van der Waals surface area contributed by atoms with Gasteiger partial charge in [-0.2, -0.15) is 5.10 Å². The molecule has 0 aromatic carbocycles. The largest absolute Gasteiger partial charge is 0.466 e. The third kappa shape index (κ3) is 2.42. The minimum Gasteiger partial charge on any atom is -0.466 e. The molecule has 5 heteroatoms. The highest BCUT2D eigenvalue weighted by Crippen LogP contribution is 2.22. The molecule has 0 aliphatic rings. The number of rotatable bonds is 3. The predicted molar refractivity (Wildman–Crippen MR) is 52.1 cm³/mol. The lowest BCUT2D eigenvalue weighted by atomic mass is 10.0. The van der Waals surface area contributed by atoms with Gasteiger partial charge in [0.05, 0.1) is 12.5 Å². The molecule has 1 rings (SSSR count). The van der Waals surface area contributed by atoms with Gasteiger partial charge in [0, 0.05) is 11.8 Å². The zero-order chi connectivity index (χ0) is 10.6. The van der Waals surface area contributed by atoms with Gasteiger partial charge < -0.3 is 4.74 Å². The second-order valence-electron chi connectivity index (χ2n) is 2.75. The summed E-state index contributed by atoms with van der Waals surface area (Å²) in [6, 6.07) is 1.66. The predicted octanol–water partition coefficient (Wildman–Crippen LogP) is 1.80. The molecule has 0 saturated carbocycles. The van der Waals surface area contributed by atoms with E-state index in [1.165, 1.54) is 6.20 Å². The quantitative estimate of drug-likeness (QED) is 0.720. The lowest BCUT2D eigenvalue weighted by molar-refractivity contribution is -0.144. The maximum Gasteiger partial charge on any atom is 0.313 e. The van der Waals surface area contributed by atoms with Crippen LogP contribution < -0.4 is 0 Å². The van der Waals surface area contributed by atoms with Gasteiger partial charge in [-0.25, -0.2) is 0 Å². The van der Waals surface area contributed by atoms with Crippen molar-refractivity contribution in [3.63, 3.8) is 0 Å². The summed E-state index contributed by atoms with van der Waals surface area (Å²) in [6.07, 6.45) is 1.50. The summed E-state index contributed by atoms with van der Waals surface area (Å²) in [5.74, 6) is -0.708. The van der Waals surface area contributed by atoms with Crippen molar-refractivity contribution in [2.24, 2.45) is 0 Å². The summed E-state index contributed by atoms with van der Waals surface area (Å²) in [6.45, 7) is 3.84. The van der Waals surface area contributed by atoms with Crippen molar-refractivity contribution in [3.05, 3.63) is 23.0 Å². The molecule has 0 bridgehead atoms. The average molecular weight is 215 g/mol. The van der Waals surface area contributed by atoms with Crippen molar-refractivity contribution in [2.45, 2.75) is 19.8 Å². The molecule has 0 saturated heterocycles. The molecular weight excluding hydrogens is 204 g/mol. The molecule has 0 aliphatic carbocycles. The number of carbonyl (C=O) groups is 1. The van der Waals surface area contributed by atoms with Crippen LogP contribution in [0.15, 0.2) is 12.3 Å². The first-order chi connectivity index (χ1) is 6.66. The van der Waals surface area contributed by atoms with Crippen LogP contribution in [0.5, 0.6) is 0 Å². The van der Waals surface area contributed by atoms with E-state index in [0.717, 1.165) is 0 Å². The van der Waals surface area contributed by atoms with E-state index in [-0.39, 0.29) is 11.1 Å². The number of halogens is 1. The Bertz CT molecular complexity index is 330. The molecule has 14 heavy (non-hydrogen) atoms. The third-order valence-corrected chi connectivity index (χ3v) is 2.10. The van der Waals surface area contributed by atoms with Gasteiger partial charge in [0.25, 0.3) is 0 Å². The van der Waals surface area contributed by atoms with Gasteiger partial charge in [-0.05, 0) is 19.9 Å². The smallest absolute Gasteiger partial charge is 0.313 e. The van der Waals surface area contributed by atoms with Crippen molar-refractivity contribution in [2.75, 3.05) is 6.61 Å². The van der Waals surface area contributed by atoms with Crippen LogP contribution in [0, 0.1) is 0 Å². The van der Waals surface area contributed by atoms with Crippen LogP contribution in [-0.4, -0.2) is 22.8 Å². The SMILES string of the molecule is CCOC(=O)C(C)c1ccnnc1Cl. The van der Waals surface area contributed by atoms with Crippen LogP contribution in [-0.2, 0) is 9.53 Å². The summed E-state index contributed by atoms with van der Waals surface area (Å²) < 4.78 is 4.87. The van der Waals surface area contributed by atoms with Crippen LogP contribution in [0.3, 0.4) is 0 Å². The van der Waals surface area contributed by atoms with E-state index in [4.69, 9.17) is 16.3 Å². The maximum atomic E-state index is 11.4. The molecule has 1 heterocycles. The number of aromatic nitrogens is 2. The van der Waals surface area contributed by atoms with Gasteiger partial charge in [0.2, 0.25) is 0 Å². The first-order valence-corrected chi connectivity index (χ1v) is 4.68. The number of esters is 1. The van der Waals surface area contributed by atoms with E-state index in [2.05, 4.69) is 10.2 Å². The van der Waals surface area contributed by atoms with Crippen LogP contribution in [0.25, 0.3) is 0 Å². The Labute approximate surface area is 87.2 Å². The number of carbonyl (C=O) groups excluding carboxylic acids is 1. The minimum atomic E-state index is -0.405. The Hall–Kier alpha value is -1.16. The first kappa shape index (κ1) is 10.9. The van der Waals surface area contributed by atoms with E-state index in [0.29, 0.717) is 12.2 Å². The average Bonchev–Trinajstić information content (AvgIpc) is 2.18. The topological polar surface area (TPSA) is 52.1 Å². The fourth-order valence-electron chi connectivity index (χ4n) is 1.04. The van der Waals surface area contributed by atoms with Gasteiger partial charge in [-0.1, -0.05) is 11.6 Å². The molecule has 1 aromatic heterocycles. The maximum absolute atomic E-state index is 11.4. The summed E-state index contributed by atoms with van der Waals surface area (Å²) in [5, 5.41) is 7.49. The molecule has 0 fully saturated rings. The third-order valence-electron chi connectivity index (χ3n) is 1.81. The van der Waals surface area contributed by atoms with Crippen LogP contribution in [0.2, 0.25) is 5.15 Å². The Morgan fingerprint density at radius 1 is 1.71 bits per heavy atom. The van der Waals surface area contributed by atoms with Crippen LogP contribution in [0.1, 0.15) is 25.3 Å². The number of nitrogens with zero attached hydrogens (tertiary/aromatic N) is 2. The van der Waals surface area contributed by atoms with Gasteiger partial charge in [-0.15, -0.1) is 5.10 Å². The second kappa shape index (κ2) is 4.91. The molecule has 76 valence electrons. The highest BCUT2D eigenvalue weighted by atomic mass is 35.5. The van der Waals surface area contributed by atoms with E-state index in [9.17, 15) is 4.79 Å².